The Labute approximate surface area is 142 Å². The molecule has 1 fully saturated rings. The highest BCUT2D eigenvalue weighted by molar-refractivity contribution is 5.74. The van der Waals surface area contributed by atoms with Gasteiger partial charge in [0, 0.05) is 18.5 Å². The molecule has 6 heteroatoms. The summed E-state index contributed by atoms with van der Waals surface area (Å²) in [7, 11) is 0. The number of carbonyl (C=O) groups excluding carboxylic acids is 1. The summed E-state index contributed by atoms with van der Waals surface area (Å²) in [5.74, 6) is -0.280. The van der Waals surface area contributed by atoms with E-state index >= 15 is 0 Å². The molecule has 0 aliphatic carbocycles. The monoisotopic (exact) mass is 338 g/mol. The number of nitrogens with one attached hydrogen (secondary N) is 1. The van der Waals surface area contributed by atoms with Gasteiger partial charge in [-0.15, -0.1) is 0 Å². The lowest BCUT2D eigenvalue weighted by molar-refractivity contribution is -0.00448. The van der Waals surface area contributed by atoms with Crippen molar-refractivity contribution >= 4 is 6.03 Å². The van der Waals surface area contributed by atoms with Crippen LogP contribution in [-0.2, 0) is 10.2 Å². The molecule has 5 nitrogen and oxygen atoms in total. The van der Waals surface area contributed by atoms with Crippen molar-refractivity contribution in [2.45, 2.75) is 44.8 Å². The first-order valence-electron chi connectivity index (χ1n) is 8.36. The first kappa shape index (κ1) is 18.7. The van der Waals surface area contributed by atoms with Crippen molar-refractivity contribution in [1.82, 2.24) is 10.2 Å². The lowest BCUT2D eigenvalue weighted by Crippen LogP contribution is -2.54. The lowest BCUT2D eigenvalue weighted by atomic mass is 9.84. The van der Waals surface area contributed by atoms with Gasteiger partial charge in [-0.1, -0.05) is 26.0 Å². The third-order valence-corrected chi connectivity index (χ3v) is 4.39. The second kappa shape index (κ2) is 7.94. The van der Waals surface area contributed by atoms with Gasteiger partial charge >= 0.3 is 6.03 Å². The molecule has 1 heterocycles. The highest BCUT2D eigenvalue weighted by Gasteiger charge is 2.30. The fraction of sp³-hybridized carbons (Fsp3) is 0.611. The van der Waals surface area contributed by atoms with E-state index in [2.05, 4.69) is 5.32 Å². The number of ether oxygens (including phenoxy) is 1. The molecule has 24 heavy (non-hydrogen) atoms. The van der Waals surface area contributed by atoms with Crippen molar-refractivity contribution < 1.29 is 19.0 Å². The number of amides is 2. The number of morpholine rings is 1. The molecule has 0 aromatic heterocycles. The number of halogens is 1. The quantitative estimate of drug-likeness (QED) is 0.866. The molecular weight excluding hydrogens is 311 g/mol. The van der Waals surface area contributed by atoms with E-state index in [1.165, 1.54) is 12.1 Å². The van der Waals surface area contributed by atoms with E-state index in [-0.39, 0.29) is 23.3 Å². The van der Waals surface area contributed by atoms with Crippen LogP contribution < -0.4 is 5.32 Å². The summed E-state index contributed by atoms with van der Waals surface area (Å²) in [6.07, 6.45) is -0.00325. The molecule has 0 unspecified atom stereocenters. The number of carbonyl (C=O) groups is 1. The Kier molecular flexibility index (Phi) is 6.18. The van der Waals surface area contributed by atoms with Crippen molar-refractivity contribution in [1.29, 1.82) is 0 Å². The van der Waals surface area contributed by atoms with Crippen LogP contribution in [0.2, 0.25) is 0 Å². The second-order valence-corrected chi connectivity index (χ2v) is 7.06. The third-order valence-electron chi connectivity index (χ3n) is 4.39. The van der Waals surface area contributed by atoms with E-state index < -0.39 is 6.10 Å². The Hall–Kier alpha value is -1.66. The Bertz CT molecular complexity index is 563. The van der Waals surface area contributed by atoms with Crippen LogP contribution in [-0.4, -0.2) is 54.5 Å². The summed E-state index contributed by atoms with van der Waals surface area (Å²) >= 11 is 0. The van der Waals surface area contributed by atoms with Crippen molar-refractivity contribution in [3.05, 3.63) is 35.6 Å². The molecule has 0 saturated carbocycles. The van der Waals surface area contributed by atoms with Gasteiger partial charge in [0.15, 0.2) is 0 Å². The van der Waals surface area contributed by atoms with E-state index in [1.54, 1.807) is 17.9 Å². The summed E-state index contributed by atoms with van der Waals surface area (Å²) in [5.41, 5.74) is 0.453. The zero-order valence-electron chi connectivity index (χ0n) is 14.6. The summed E-state index contributed by atoms with van der Waals surface area (Å²) in [5, 5.41) is 12.5. The van der Waals surface area contributed by atoms with Crippen LogP contribution in [0.4, 0.5) is 9.18 Å². The lowest BCUT2D eigenvalue weighted by Gasteiger charge is -2.37. The molecule has 2 amide bonds. The number of aliphatic hydroxyl groups is 1. The number of aliphatic hydroxyl groups excluding tert-OH is 1. The van der Waals surface area contributed by atoms with Gasteiger partial charge < -0.3 is 20.1 Å². The fourth-order valence-corrected chi connectivity index (χ4v) is 2.92. The Balaban J connectivity index is 1.98. The molecule has 2 rings (SSSR count). The predicted molar refractivity (Wildman–Crippen MR) is 90.4 cm³/mol. The fourth-order valence-electron chi connectivity index (χ4n) is 2.92. The van der Waals surface area contributed by atoms with Crippen LogP contribution in [0.5, 0.6) is 0 Å². The zero-order valence-corrected chi connectivity index (χ0v) is 14.6. The molecule has 2 N–H and O–H groups in total. The van der Waals surface area contributed by atoms with Crippen LogP contribution in [0.15, 0.2) is 24.3 Å². The standard InChI is InChI=1S/C18H27FN2O3/c1-13(22)9-16-11-24-8-7-21(16)17(23)20-12-18(2,3)14-5-4-6-15(19)10-14/h4-6,10,13,16,22H,7-9,11-12H2,1-3H3,(H,20,23)/t13-,16+/m0/s1. The first-order chi connectivity index (χ1) is 11.3. The number of hydrogen-bond acceptors (Lipinski definition) is 3. The Morgan fingerprint density at radius 1 is 1.54 bits per heavy atom. The van der Waals surface area contributed by atoms with Crippen LogP contribution in [0.1, 0.15) is 32.8 Å². The van der Waals surface area contributed by atoms with E-state index in [0.29, 0.717) is 32.7 Å². The molecule has 1 aromatic rings. The van der Waals surface area contributed by atoms with Crippen molar-refractivity contribution in [2.75, 3.05) is 26.3 Å². The minimum absolute atomic E-state index is 0.129. The van der Waals surface area contributed by atoms with E-state index in [9.17, 15) is 14.3 Å². The topological polar surface area (TPSA) is 61.8 Å². The van der Waals surface area contributed by atoms with E-state index in [1.807, 2.05) is 19.9 Å². The molecule has 1 aliphatic rings. The maximum absolute atomic E-state index is 13.4. The average Bonchev–Trinajstić information content (AvgIpc) is 2.53. The van der Waals surface area contributed by atoms with Crippen molar-refractivity contribution in [3.8, 4) is 0 Å². The Morgan fingerprint density at radius 3 is 2.96 bits per heavy atom. The number of hydrogen-bond donors (Lipinski definition) is 2. The van der Waals surface area contributed by atoms with Crippen LogP contribution >= 0.6 is 0 Å². The average molecular weight is 338 g/mol. The Morgan fingerprint density at radius 2 is 2.29 bits per heavy atom. The minimum atomic E-state index is -0.490. The van der Waals surface area contributed by atoms with Gasteiger partial charge in [-0.05, 0) is 31.0 Å². The van der Waals surface area contributed by atoms with Gasteiger partial charge in [0.05, 0.1) is 25.4 Å². The third kappa shape index (κ3) is 4.92. The maximum atomic E-state index is 13.4. The molecule has 1 saturated heterocycles. The van der Waals surface area contributed by atoms with Crippen molar-refractivity contribution in [2.24, 2.45) is 0 Å². The van der Waals surface area contributed by atoms with E-state index in [4.69, 9.17) is 4.74 Å². The highest BCUT2D eigenvalue weighted by atomic mass is 19.1. The number of benzene rings is 1. The maximum Gasteiger partial charge on any atom is 0.317 e. The van der Waals surface area contributed by atoms with Gasteiger partial charge in [-0.25, -0.2) is 9.18 Å². The van der Waals surface area contributed by atoms with Gasteiger partial charge in [0.2, 0.25) is 0 Å². The van der Waals surface area contributed by atoms with Gasteiger partial charge in [0.1, 0.15) is 5.82 Å². The van der Waals surface area contributed by atoms with E-state index in [0.717, 1.165) is 5.56 Å². The normalized spacial score (nSPS) is 19.9. The summed E-state index contributed by atoms with van der Waals surface area (Å²) < 4.78 is 18.8. The van der Waals surface area contributed by atoms with Gasteiger partial charge in [-0.2, -0.15) is 0 Å². The van der Waals surface area contributed by atoms with Gasteiger partial charge in [0.25, 0.3) is 0 Å². The number of urea groups is 1. The molecule has 0 spiro atoms. The first-order valence-corrected chi connectivity index (χ1v) is 8.36. The van der Waals surface area contributed by atoms with Gasteiger partial charge in [-0.3, -0.25) is 0 Å². The molecule has 2 atom stereocenters. The minimum Gasteiger partial charge on any atom is -0.393 e. The molecule has 1 aromatic carbocycles. The SMILES string of the molecule is C[C@H](O)C[C@@H]1COCCN1C(=O)NCC(C)(C)c1cccc(F)c1. The largest absolute Gasteiger partial charge is 0.393 e. The second-order valence-electron chi connectivity index (χ2n) is 7.06. The predicted octanol–water partition coefficient (Wildman–Crippen LogP) is 2.28. The number of nitrogens with zero attached hydrogens (tertiary/aromatic N) is 1. The molecule has 0 radical (unpaired) electrons. The molecular formula is C18H27FN2O3. The summed E-state index contributed by atoms with van der Waals surface area (Å²) in [6.45, 7) is 7.47. The zero-order chi connectivity index (χ0) is 17.7. The summed E-state index contributed by atoms with van der Waals surface area (Å²) in [6, 6.07) is 6.14. The highest BCUT2D eigenvalue weighted by Crippen LogP contribution is 2.23. The number of rotatable bonds is 5. The van der Waals surface area contributed by atoms with Crippen LogP contribution in [0.25, 0.3) is 0 Å². The molecule has 0 bridgehead atoms. The molecule has 1 aliphatic heterocycles. The van der Waals surface area contributed by atoms with Crippen molar-refractivity contribution in [3.63, 3.8) is 0 Å². The van der Waals surface area contributed by atoms with Crippen LogP contribution in [0.3, 0.4) is 0 Å². The van der Waals surface area contributed by atoms with Crippen LogP contribution in [0, 0.1) is 5.82 Å². The smallest absolute Gasteiger partial charge is 0.317 e. The summed E-state index contributed by atoms with van der Waals surface area (Å²) in [4.78, 5) is 14.3. The molecule has 134 valence electrons.